The van der Waals surface area contributed by atoms with Crippen molar-refractivity contribution in [2.24, 2.45) is 0 Å². The Balaban J connectivity index is 2.35. The van der Waals surface area contributed by atoms with Crippen LogP contribution >= 0.6 is 0 Å². The molecular weight excluding hydrogens is 449 g/mol. The average molecular weight is 469 g/mol. The van der Waals surface area contributed by atoms with Crippen molar-refractivity contribution in [2.45, 2.75) is 32.0 Å². The monoisotopic (exact) mass is 469 g/mol. The van der Waals surface area contributed by atoms with Gasteiger partial charge in [-0.05, 0) is 43.7 Å². The second kappa shape index (κ2) is 10.1. The summed E-state index contributed by atoms with van der Waals surface area (Å²) in [7, 11) is -4.61. The molecule has 1 atom stereocenters. The minimum absolute atomic E-state index is 0.236. The van der Waals surface area contributed by atoms with E-state index < -0.39 is 51.5 Å². The molecule has 0 fully saturated rings. The van der Waals surface area contributed by atoms with Crippen molar-refractivity contribution in [3.8, 4) is 17.6 Å². The number of halogens is 3. The van der Waals surface area contributed by atoms with Gasteiger partial charge in [0.1, 0.15) is 12.4 Å². The molecule has 0 saturated heterocycles. The van der Waals surface area contributed by atoms with Crippen LogP contribution in [0.5, 0.6) is 5.75 Å². The normalized spacial score (nSPS) is 13.4. The zero-order chi connectivity index (χ0) is 24.0. The molecule has 172 valence electrons. The summed E-state index contributed by atoms with van der Waals surface area (Å²) in [5, 5.41) is 0. The predicted molar refractivity (Wildman–Crippen MR) is 109 cm³/mol. The van der Waals surface area contributed by atoms with E-state index in [1.807, 2.05) is 0 Å². The molecule has 32 heavy (non-hydrogen) atoms. The molecule has 0 spiro atoms. The van der Waals surface area contributed by atoms with Gasteiger partial charge in [-0.25, -0.2) is 13.2 Å². The molecule has 0 aromatic heterocycles. The van der Waals surface area contributed by atoms with Crippen molar-refractivity contribution < 1.29 is 40.4 Å². The van der Waals surface area contributed by atoms with Crippen LogP contribution in [0.25, 0.3) is 0 Å². The Hall–Kier alpha value is -3.03. The smallest absolute Gasteiger partial charge is 0.419 e. The molecule has 2 rings (SSSR count). The third kappa shape index (κ3) is 7.59. The summed E-state index contributed by atoms with van der Waals surface area (Å²) in [5.41, 5.74) is -2.07. The average Bonchev–Trinajstić information content (AvgIpc) is 2.71. The SMILES string of the molecule is CCC(C)(C#Cc1ccccc1)Oc1cc(C(=O)OCCS(=O)(=O)[O-])ccc1C(F)(F)F. The number of esters is 1. The summed E-state index contributed by atoms with van der Waals surface area (Å²) in [6.07, 6.45) is -4.53. The standard InChI is InChI=1S/C22H21F3O6S/c1-3-21(2,12-11-16-7-5-4-6-8-16)31-19-15-17(9-10-18(19)22(23,24)25)20(26)30-13-14-32(27,28)29/h4-10,15H,3,13-14H2,1-2H3,(H,27,28,29)/p-1. The minimum atomic E-state index is -4.77. The fourth-order valence-corrected chi connectivity index (χ4v) is 2.73. The van der Waals surface area contributed by atoms with Gasteiger partial charge in [-0.2, -0.15) is 13.2 Å². The van der Waals surface area contributed by atoms with Gasteiger partial charge >= 0.3 is 12.1 Å². The van der Waals surface area contributed by atoms with Crippen molar-refractivity contribution in [1.82, 2.24) is 0 Å². The molecular formula is C22H20F3O6S-. The minimum Gasteiger partial charge on any atom is -0.748 e. The molecule has 6 nitrogen and oxygen atoms in total. The molecule has 0 amide bonds. The maximum absolute atomic E-state index is 13.5. The number of carbonyl (C=O) groups excluding carboxylic acids is 1. The zero-order valence-electron chi connectivity index (χ0n) is 17.2. The number of alkyl halides is 3. The summed E-state index contributed by atoms with van der Waals surface area (Å²) >= 11 is 0. The van der Waals surface area contributed by atoms with Crippen LogP contribution in [-0.4, -0.2) is 36.9 Å². The van der Waals surface area contributed by atoms with Crippen molar-refractivity contribution in [2.75, 3.05) is 12.4 Å². The fraction of sp³-hybridized carbons (Fsp3) is 0.318. The lowest BCUT2D eigenvalue weighted by Crippen LogP contribution is -2.30. The van der Waals surface area contributed by atoms with Crippen molar-refractivity contribution >= 4 is 16.1 Å². The van der Waals surface area contributed by atoms with E-state index in [-0.39, 0.29) is 12.0 Å². The number of rotatable bonds is 7. The van der Waals surface area contributed by atoms with Gasteiger partial charge < -0.3 is 14.0 Å². The van der Waals surface area contributed by atoms with Gasteiger partial charge in [-0.1, -0.05) is 37.0 Å². The van der Waals surface area contributed by atoms with E-state index in [4.69, 9.17) is 4.74 Å². The summed E-state index contributed by atoms with van der Waals surface area (Å²) in [6, 6.07) is 11.2. The topological polar surface area (TPSA) is 92.7 Å². The second-order valence-electron chi connectivity index (χ2n) is 6.91. The number of benzene rings is 2. The lowest BCUT2D eigenvalue weighted by molar-refractivity contribution is -0.139. The molecule has 1 unspecified atom stereocenters. The Morgan fingerprint density at radius 1 is 1.12 bits per heavy atom. The first-order valence-corrected chi connectivity index (χ1v) is 11.0. The maximum Gasteiger partial charge on any atom is 0.419 e. The Labute approximate surface area is 184 Å². The molecule has 0 aliphatic carbocycles. The van der Waals surface area contributed by atoms with E-state index in [2.05, 4.69) is 16.6 Å². The Bertz CT molecular complexity index is 1120. The highest BCUT2D eigenvalue weighted by molar-refractivity contribution is 7.85. The Morgan fingerprint density at radius 2 is 1.78 bits per heavy atom. The van der Waals surface area contributed by atoms with Crippen LogP contribution in [-0.2, 0) is 21.0 Å². The first-order valence-electron chi connectivity index (χ1n) is 9.42. The zero-order valence-corrected chi connectivity index (χ0v) is 18.0. The molecule has 0 heterocycles. The quantitative estimate of drug-likeness (QED) is 0.346. The van der Waals surface area contributed by atoms with E-state index in [9.17, 15) is 30.9 Å². The second-order valence-corrected chi connectivity index (χ2v) is 8.43. The van der Waals surface area contributed by atoms with E-state index in [0.29, 0.717) is 11.6 Å². The van der Waals surface area contributed by atoms with E-state index in [1.165, 1.54) is 6.92 Å². The van der Waals surface area contributed by atoms with Crippen LogP contribution in [0.15, 0.2) is 48.5 Å². The molecule has 10 heteroatoms. The summed E-state index contributed by atoms with van der Waals surface area (Å²) in [6.45, 7) is 2.48. The van der Waals surface area contributed by atoms with Crippen LogP contribution in [0.1, 0.15) is 41.8 Å². The van der Waals surface area contributed by atoms with Gasteiger partial charge in [0.05, 0.1) is 27.0 Å². The number of hydrogen-bond acceptors (Lipinski definition) is 6. The lowest BCUT2D eigenvalue weighted by atomic mass is 10.0. The van der Waals surface area contributed by atoms with Crippen molar-refractivity contribution in [3.63, 3.8) is 0 Å². The third-order valence-corrected chi connectivity index (χ3v) is 5.01. The van der Waals surface area contributed by atoms with Crippen LogP contribution < -0.4 is 4.74 Å². The van der Waals surface area contributed by atoms with Crippen LogP contribution in [0, 0.1) is 11.8 Å². The van der Waals surface area contributed by atoms with Crippen LogP contribution in [0.3, 0.4) is 0 Å². The summed E-state index contributed by atoms with van der Waals surface area (Å²) in [4.78, 5) is 12.1. The fourth-order valence-electron chi connectivity index (χ4n) is 2.44. The number of carbonyl (C=O) groups is 1. The first kappa shape index (κ1) is 25.2. The van der Waals surface area contributed by atoms with Crippen LogP contribution in [0.2, 0.25) is 0 Å². The molecule has 0 aliphatic rings. The first-order chi connectivity index (χ1) is 14.8. The highest BCUT2D eigenvalue weighted by atomic mass is 32.2. The van der Waals surface area contributed by atoms with Crippen molar-refractivity contribution in [1.29, 1.82) is 0 Å². The molecule has 0 N–H and O–H groups in total. The number of hydrogen-bond donors (Lipinski definition) is 0. The van der Waals surface area contributed by atoms with Gasteiger partial charge in [0.2, 0.25) is 0 Å². The Morgan fingerprint density at radius 3 is 2.34 bits per heavy atom. The van der Waals surface area contributed by atoms with E-state index >= 15 is 0 Å². The van der Waals surface area contributed by atoms with E-state index in [0.717, 1.165) is 12.1 Å². The van der Waals surface area contributed by atoms with Gasteiger partial charge in [-0.3, -0.25) is 0 Å². The third-order valence-electron chi connectivity index (χ3n) is 4.34. The molecule has 2 aromatic carbocycles. The predicted octanol–water partition coefficient (Wildman–Crippen LogP) is 4.01. The molecule has 2 aromatic rings. The van der Waals surface area contributed by atoms with E-state index in [1.54, 1.807) is 37.3 Å². The largest absolute Gasteiger partial charge is 0.748 e. The number of ether oxygens (including phenoxy) is 2. The van der Waals surface area contributed by atoms with Gasteiger partial charge in [0.25, 0.3) is 0 Å². The van der Waals surface area contributed by atoms with Gasteiger partial charge in [0.15, 0.2) is 5.60 Å². The summed E-state index contributed by atoms with van der Waals surface area (Å²) in [5.74, 6) is 3.01. The molecule has 0 aliphatic heterocycles. The molecule has 0 saturated carbocycles. The van der Waals surface area contributed by atoms with Gasteiger partial charge in [0, 0.05) is 5.56 Å². The molecule has 0 bridgehead atoms. The van der Waals surface area contributed by atoms with Crippen molar-refractivity contribution in [3.05, 3.63) is 65.2 Å². The molecule has 0 radical (unpaired) electrons. The maximum atomic E-state index is 13.5. The van der Waals surface area contributed by atoms with Gasteiger partial charge in [-0.15, -0.1) is 0 Å². The lowest BCUT2D eigenvalue weighted by Gasteiger charge is -2.26. The van der Waals surface area contributed by atoms with Crippen LogP contribution in [0.4, 0.5) is 13.2 Å². The Kier molecular flexibility index (Phi) is 7.93. The highest BCUT2D eigenvalue weighted by Crippen LogP contribution is 2.38. The summed E-state index contributed by atoms with van der Waals surface area (Å²) < 4.78 is 82.7. The highest BCUT2D eigenvalue weighted by Gasteiger charge is 2.37.